The molecule has 3 aliphatic rings. The Morgan fingerprint density at radius 3 is 2.58 bits per heavy atom. The number of amides is 2. The first-order valence-electron chi connectivity index (χ1n) is 11.7. The van der Waals surface area contributed by atoms with E-state index in [9.17, 15) is 14.0 Å². The lowest BCUT2D eigenvalue weighted by molar-refractivity contribution is -0.140. The van der Waals surface area contributed by atoms with E-state index in [0.717, 1.165) is 57.4 Å². The highest BCUT2D eigenvalue weighted by molar-refractivity contribution is 5.85. The van der Waals surface area contributed by atoms with Crippen molar-refractivity contribution >= 4 is 11.8 Å². The third-order valence-electron chi connectivity index (χ3n) is 6.84. The predicted molar refractivity (Wildman–Crippen MR) is 116 cm³/mol. The number of hydrogen-bond acceptors (Lipinski definition) is 4. The van der Waals surface area contributed by atoms with E-state index in [1.54, 1.807) is 11.0 Å². The second-order valence-corrected chi connectivity index (χ2v) is 9.16. The van der Waals surface area contributed by atoms with Crippen LogP contribution in [0.1, 0.15) is 44.1 Å². The third kappa shape index (κ3) is 6.04. The quantitative estimate of drug-likeness (QED) is 0.635. The summed E-state index contributed by atoms with van der Waals surface area (Å²) in [4.78, 5) is 31.0. The van der Waals surface area contributed by atoms with Crippen LogP contribution in [-0.2, 0) is 20.9 Å². The fourth-order valence-electron chi connectivity index (χ4n) is 4.95. The van der Waals surface area contributed by atoms with Crippen molar-refractivity contribution in [1.82, 2.24) is 14.7 Å². The van der Waals surface area contributed by atoms with Crippen molar-refractivity contribution < 1.29 is 18.7 Å². The minimum Gasteiger partial charge on any atom is -0.376 e. The Morgan fingerprint density at radius 2 is 1.90 bits per heavy atom. The van der Waals surface area contributed by atoms with Gasteiger partial charge in [0.25, 0.3) is 0 Å². The first-order valence-corrected chi connectivity index (χ1v) is 11.7. The molecule has 1 atom stereocenters. The predicted octanol–water partition coefficient (Wildman–Crippen LogP) is 2.67. The zero-order chi connectivity index (χ0) is 21.6. The summed E-state index contributed by atoms with van der Waals surface area (Å²) in [6.45, 7) is 5.44. The summed E-state index contributed by atoms with van der Waals surface area (Å²) in [5.41, 5.74) is 0.742. The zero-order valence-electron chi connectivity index (χ0n) is 18.3. The number of benzene rings is 1. The van der Waals surface area contributed by atoms with Gasteiger partial charge in [0.15, 0.2) is 0 Å². The smallest absolute Gasteiger partial charge is 0.242 e. The highest BCUT2D eigenvalue weighted by atomic mass is 19.1. The normalized spacial score (nSPS) is 22.9. The number of ether oxygens (including phenoxy) is 1. The van der Waals surface area contributed by atoms with Crippen LogP contribution < -0.4 is 0 Å². The standard InChI is InChI=1S/C24H34FN3O3/c25-22-7-2-1-5-20(22)16-26-12-9-19(10-13-26)15-28(17-21-6-4-14-31-21)24(30)18-27-11-3-8-23(27)29/h1-2,5,7,19,21H,3-4,6,8-18H2/t21-/m0/s1. The lowest BCUT2D eigenvalue weighted by Crippen LogP contribution is -2.47. The fourth-order valence-corrected chi connectivity index (χ4v) is 4.95. The van der Waals surface area contributed by atoms with Gasteiger partial charge in [0, 0.05) is 44.8 Å². The molecule has 0 N–H and O–H groups in total. The minimum atomic E-state index is -0.144. The van der Waals surface area contributed by atoms with Crippen LogP contribution in [-0.4, -0.2) is 78.5 Å². The number of halogens is 1. The Hall–Kier alpha value is -1.99. The van der Waals surface area contributed by atoms with E-state index in [2.05, 4.69) is 4.90 Å². The van der Waals surface area contributed by atoms with Crippen LogP contribution in [0, 0.1) is 11.7 Å². The van der Waals surface area contributed by atoms with Crippen molar-refractivity contribution in [2.45, 2.75) is 51.2 Å². The molecule has 1 aromatic carbocycles. The summed E-state index contributed by atoms with van der Waals surface area (Å²) in [6, 6.07) is 6.97. The summed E-state index contributed by atoms with van der Waals surface area (Å²) >= 11 is 0. The molecule has 3 fully saturated rings. The first kappa shape index (κ1) is 22.2. The fraction of sp³-hybridized carbons (Fsp3) is 0.667. The molecule has 3 heterocycles. The van der Waals surface area contributed by atoms with Gasteiger partial charge in [-0.25, -0.2) is 4.39 Å². The van der Waals surface area contributed by atoms with Gasteiger partial charge in [-0.2, -0.15) is 0 Å². The number of carbonyl (C=O) groups is 2. The number of piperidine rings is 1. The molecule has 0 unspecified atom stereocenters. The first-order chi connectivity index (χ1) is 15.1. The van der Waals surface area contributed by atoms with Crippen LogP contribution in [0.2, 0.25) is 0 Å². The highest BCUT2D eigenvalue weighted by Crippen LogP contribution is 2.23. The van der Waals surface area contributed by atoms with Crippen molar-refractivity contribution in [3.63, 3.8) is 0 Å². The Kier molecular flexibility index (Phi) is 7.56. The molecule has 7 heteroatoms. The number of likely N-dealkylation sites (tertiary alicyclic amines) is 2. The third-order valence-corrected chi connectivity index (χ3v) is 6.84. The Balaban J connectivity index is 1.30. The minimum absolute atomic E-state index is 0.0412. The topological polar surface area (TPSA) is 53.1 Å². The summed E-state index contributed by atoms with van der Waals surface area (Å²) in [7, 11) is 0. The molecule has 0 saturated carbocycles. The molecule has 3 saturated heterocycles. The average Bonchev–Trinajstić information content (AvgIpc) is 3.42. The SMILES string of the molecule is O=C1CCCN1CC(=O)N(CC1CCN(Cc2ccccc2F)CC1)C[C@@H]1CCCO1. The molecule has 0 aromatic heterocycles. The van der Waals surface area contributed by atoms with Gasteiger partial charge in [-0.1, -0.05) is 18.2 Å². The van der Waals surface area contributed by atoms with E-state index in [1.165, 1.54) is 6.07 Å². The van der Waals surface area contributed by atoms with Gasteiger partial charge in [-0.15, -0.1) is 0 Å². The van der Waals surface area contributed by atoms with Gasteiger partial charge in [-0.05, 0) is 57.2 Å². The monoisotopic (exact) mass is 431 g/mol. The summed E-state index contributed by atoms with van der Waals surface area (Å²) in [5, 5.41) is 0. The molecular weight excluding hydrogens is 397 g/mol. The second-order valence-electron chi connectivity index (χ2n) is 9.16. The van der Waals surface area contributed by atoms with Gasteiger partial charge in [0.05, 0.1) is 12.6 Å². The van der Waals surface area contributed by atoms with Gasteiger partial charge in [0.1, 0.15) is 5.82 Å². The van der Waals surface area contributed by atoms with Crippen molar-refractivity contribution in [3.05, 3.63) is 35.6 Å². The Labute approximate surface area is 184 Å². The second kappa shape index (κ2) is 10.6. The van der Waals surface area contributed by atoms with Crippen molar-refractivity contribution in [1.29, 1.82) is 0 Å². The van der Waals surface area contributed by atoms with Crippen molar-refractivity contribution in [2.24, 2.45) is 5.92 Å². The van der Waals surface area contributed by atoms with E-state index in [-0.39, 0.29) is 30.3 Å². The highest BCUT2D eigenvalue weighted by Gasteiger charge is 2.30. The largest absolute Gasteiger partial charge is 0.376 e. The molecule has 170 valence electrons. The molecule has 6 nitrogen and oxygen atoms in total. The molecule has 4 rings (SSSR count). The van der Waals surface area contributed by atoms with Crippen LogP contribution in [0.5, 0.6) is 0 Å². The van der Waals surface area contributed by atoms with Crippen molar-refractivity contribution in [3.8, 4) is 0 Å². The zero-order valence-corrected chi connectivity index (χ0v) is 18.3. The van der Waals surface area contributed by atoms with Gasteiger partial charge >= 0.3 is 0 Å². The Bertz CT molecular complexity index is 760. The maximum absolute atomic E-state index is 14.0. The number of nitrogens with zero attached hydrogens (tertiary/aromatic N) is 3. The maximum Gasteiger partial charge on any atom is 0.242 e. The molecule has 0 aliphatic carbocycles. The van der Waals surface area contributed by atoms with E-state index in [4.69, 9.17) is 4.74 Å². The number of rotatable bonds is 8. The lowest BCUT2D eigenvalue weighted by atomic mass is 9.95. The molecule has 31 heavy (non-hydrogen) atoms. The van der Waals surface area contributed by atoms with E-state index >= 15 is 0 Å². The van der Waals surface area contributed by atoms with E-state index in [1.807, 2.05) is 17.0 Å². The molecule has 0 bridgehead atoms. The van der Waals surface area contributed by atoms with Crippen LogP contribution in [0.15, 0.2) is 24.3 Å². The lowest BCUT2D eigenvalue weighted by Gasteiger charge is -2.36. The summed E-state index contributed by atoms with van der Waals surface area (Å²) in [5.74, 6) is 0.414. The number of hydrogen-bond donors (Lipinski definition) is 0. The molecule has 2 amide bonds. The van der Waals surface area contributed by atoms with Crippen molar-refractivity contribution in [2.75, 3.05) is 45.9 Å². The molecule has 3 aliphatic heterocycles. The van der Waals surface area contributed by atoms with Crippen LogP contribution in [0.4, 0.5) is 4.39 Å². The molecule has 0 spiro atoms. The summed E-state index contributed by atoms with van der Waals surface area (Å²) < 4.78 is 19.8. The Morgan fingerprint density at radius 1 is 1.10 bits per heavy atom. The molecule has 1 aromatic rings. The van der Waals surface area contributed by atoms with Gasteiger partial charge in [0.2, 0.25) is 11.8 Å². The van der Waals surface area contributed by atoms with E-state index in [0.29, 0.717) is 38.5 Å². The molecule has 0 radical (unpaired) electrons. The van der Waals surface area contributed by atoms with Crippen LogP contribution in [0.25, 0.3) is 0 Å². The van der Waals surface area contributed by atoms with Crippen LogP contribution >= 0.6 is 0 Å². The maximum atomic E-state index is 14.0. The summed E-state index contributed by atoms with van der Waals surface area (Å²) in [6.07, 6.45) is 5.54. The molecular formula is C24H34FN3O3. The van der Waals surface area contributed by atoms with Gasteiger partial charge < -0.3 is 14.5 Å². The van der Waals surface area contributed by atoms with Gasteiger partial charge in [-0.3, -0.25) is 14.5 Å². The van der Waals surface area contributed by atoms with Crippen LogP contribution in [0.3, 0.4) is 0 Å². The average molecular weight is 432 g/mol. The van der Waals surface area contributed by atoms with E-state index < -0.39 is 0 Å². The number of carbonyl (C=O) groups excluding carboxylic acids is 2.